The van der Waals surface area contributed by atoms with Crippen LogP contribution in [0.2, 0.25) is 0 Å². The molecule has 0 amide bonds. The molecule has 0 rings (SSSR count). The van der Waals surface area contributed by atoms with Gasteiger partial charge in [-0.25, -0.2) is 0 Å². The summed E-state index contributed by atoms with van der Waals surface area (Å²) in [5.41, 5.74) is 0. The molecular formula is C4H8MoO2. The molecule has 0 saturated carbocycles. The average molecular weight is 184 g/mol. The van der Waals surface area contributed by atoms with Crippen LogP contribution in [0.25, 0.3) is 0 Å². The van der Waals surface area contributed by atoms with Crippen molar-refractivity contribution < 1.29 is 30.7 Å². The van der Waals surface area contributed by atoms with Crippen LogP contribution >= 0.6 is 0 Å². The van der Waals surface area contributed by atoms with Gasteiger partial charge in [-0.2, -0.15) is 0 Å². The molecule has 0 radical (unpaired) electrons. The van der Waals surface area contributed by atoms with Crippen LogP contribution in [0.4, 0.5) is 0 Å². The van der Waals surface area contributed by atoms with E-state index in [9.17, 15) is 0 Å². The smallest absolute Gasteiger partial charge is 0.545 e. The van der Waals surface area contributed by atoms with Crippen LogP contribution in [0.1, 0.15) is 0 Å². The van der Waals surface area contributed by atoms with E-state index in [1.807, 2.05) is 0 Å². The number of carbonyl (C=O) groups excluding carboxylic acids is 2. The maximum atomic E-state index is 7.75. The summed E-state index contributed by atoms with van der Waals surface area (Å²) in [6.45, 7) is 6.50. The summed E-state index contributed by atoms with van der Waals surface area (Å²) in [6, 6.07) is 0. The van der Waals surface area contributed by atoms with Crippen molar-refractivity contribution in [2.24, 2.45) is 0 Å². The van der Waals surface area contributed by atoms with Gasteiger partial charge < -0.3 is 24.4 Å². The monoisotopic (exact) mass is 186 g/mol. The van der Waals surface area contributed by atoms with Crippen LogP contribution in [0.15, 0.2) is 0 Å². The first kappa shape index (κ1) is 62.1. The topological polar surface area (TPSA) is 34.1 Å². The Morgan fingerprint density at radius 1 is 0.714 bits per heavy atom. The molecule has 2 nitrogen and oxygen atoms in total. The van der Waals surface area contributed by atoms with Crippen molar-refractivity contribution in [2.45, 2.75) is 0 Å². The fraction of sp³-hybridized carbons (Fsp3) is 0. The van der Waals surface area contributed by atoms with Crippen LogP contribution in [-0.4, -0.2) is 13.6 Å². The summed E-state index contributed by atoms with van der Waals surface area (Å²) >= 11 is 0. The van der Waals surface area contributed by atoms with E-state index in [-0.39, 0.29) is 35.9 Å². The third-order valence-corrected chi connectivity index (χ3v) is 0. The zero-order valence-corrected chi connectivity index (χ0v) is 6.39. The molecule has 0 aliphatic carbocycles. The van der Waals surface area contributed by atoms with Gasteiger partial charge in [-0.15, -0.1) is 0 Å². The predicted molar refractivity (Wildman–Crippen MR) is 26.3 cm³/mol. The van der Waals surface area contributed by atoms with Crippen LogP contribution < -0.4 is 0 Å². The summed E-state index contributed by atoms with van der Waals surface area (Å²) in [5, 5.41) is 0. The molecule has 0 saturated heterocycles. The van der Waals surface area contributed by atoms with Crippen LogP contribution in [0.5, 0.6) is 0 Å². The normalized spacial score (nSPS) is 1.14. The van der Waals surface area contributed by atoms with Gasteiger partial charge in [0, 0.05) is 0 Å². The Morgan fingerprint density at radius 3 is 0.714 bits per heavy atom. The minimum atomic E-state index is 0. The van der Waals surface area contributed by atoms with Crippen molar-refractivity contribution in [1.82, 2.24) is 0 Å². The van der Waals surface area contributed by atoms with Crippen molar-refractivity contribution in [3.05, 3.63) is 14.9 Å². The van der Waals surface area contributed by atoms with E-state index in [2.05, 4.69) is 13.6 Å². The molecule has 0 N–H and O–H groups in total. The third-order valence-electron chi connectivity index (χ3n) is 0. The first-order chi connectivity index (χ1) is 2.00. The Labute approximate surface area is 59.6 Å². The van der Waals surface area contributed by atoms with E-state index in [1.54, 1.807) is 0 Å². The van der Waals surface area contributed by atoms with E-state index in [4.69, 9.17) is 9.59 Å². The van der Waals surface area contributed by atoms with Gasteiger partial charge in [0.15, 0.2) is 0 Å². The number of hydrogen-bond donors (Lipinski definition) is 0. The number of hydrogen-bond acceptors (Lipinski definition) is 2. The van der Waals surface area contributed by atoms with Gasteiger partial charge in [-0.3, -0.25) is 13.6 Å². The summed E-state index contributed by atoms with van der Waals surface area (Å²) < 4.78 is 0. The second-order valence-electron chi connectivity index (χ2n) is 0. The van der Waals surface area contributed by atoms with E-state index in [1.165, 1.54) is 0 Å². The molecule has 0 unspecified atom stereocenters. The van der Waals surface area contributed by atoms with Gasteiger partial charge in [0.05, 0.1) is 0 Å². The fourth-order valence-electron chi connectivity index (χ4n) is 0. The molecule has 3 heteroatoms. The Hall–Kier alpha value is 0.0283. The third kappa shape index (κ3) is 122000. The van der Waals surface area contributed by atoms with Gasteiger partial charge in [-0.1, -0.05) is 0 Å². The maximum Gasteiger partial charge on any atom is 4.00 e. The van der Waals surface area contributed by atoms with E-state index in [0.717, 1.165) is 0 Å². The van der Waals surface area contributed by atoms with Gasteiger partial charge in [0.25, 0.3) is 0 Å². The van der Waals surface area contributed by atoms with Gasteiger partial charge in [-0.05, 0) is 0 Å². The zero-order chi connectivity index (χ0) is 4.00. The summed E-state index contributed by atoms with van der Waals surface area (Å²) in [7, 11) is 0. The second kappa shape index (κ2) is 190000. The van der Waals surface area contributed by atoms with Crippen molar-refractivity contribution in [3.63, 3.8) is 0 Å². The van der Waals surface area contributed by atoms with Gasteiger partial charge in [0.1, 0.15) is 0 Å². The van der Waals surface area contributed by atoms with E-state index in [0.29, 0.717) is 0 Å². The Kier molecular flexibility index (Phi) is 1690000. The largest absolute Gasteiger partial charge is 4.00 e. The van der Waals surface area contributed by atoms with Crippen molar-refractivity contribution >= 4 is 13.6 Å². The van der Waals surface area contributed by atoms with E-state index >= 15 is 0 Å². The standard InChI is InChI=1S/2CHO.2CH3.Mo/c2*1-2;;;/h2*1H;2*1H3;/q4*-1;+4. The Balaban J connectivity index is -0.00000000267. The van der Waals surface area contributed by atoms with Crippen LogP contribution in [0, 0.1) is 14.9 Å². The van der Waals surface area contributed by atoms with Gasteiger partial charge in [0.2, 0.25) is 0 Å². The summed E-state index contributed by atoms with van der Waals surface area (Å²) in [4.78, 5) is 15.5. The molecule has 0 atom stereocenters. The molecule has 0 bridgehead atoms. The maximum absolute atomic E-state index is 7.75. The quantitative estimate of drug-likeness (QED) is 0.309. The molecule has 0 aromatic heterocycles. The fourth-order valence-corrected chi connectivity index (χ4v) is 0. The molecule has 0 aromatic rings. The molecule has 0 aliphatic rings. The average Bonchev–Trinajstić information content (AvgIpc) is 1.50. The number of rotatable bonds is 0. The Bertz CT molecular complexity index is 11.7. The summed E-state index contributed by atoms with van der Waals surface area (Å²) in [5.74, 6) is 0. The SMILES string of the molecule is [CH-]=O.[CH-]=O.[CH3-].[CH3-].[Mo+4]. The first-order valence-corrected chi connectivity index (χ1v) is 0.471. The molecule has 0 fully saturated rings. The zero-order valence-electron chi connectivity index (χ0n) is 4.38. The van der Waals surface area contributed by atoms with Gasteiger partial charge >= 0.3 is 21.1 Å². The van der Waals surface area contributed by atoms with Crippen LogP contribution in [0.3, 0.4) is 0 Å². The minimum Gasteiger partial charge on any atom is -0.545 e. The van der Waals surface area contributed by atoms with Crippen LogP contribution in [-0.2, 0) is 30.7 Å². The van der Waals surface area contributed by atoms with Crippen molar-refractivity contribution in [2.75, 3.05) is 0 Å². The summed E-state index contributed by atoms with van der Waals surface area (Å²) in [6.07, 6.45) is 0. The second-order valence-corrected chi connectivity index (χ2v) is 0. The van der Waals surface area contributed by atoms with Crippen molar-refractivity contribution in [1.29, 1.82) is 0 Å². The molecule has 0 aliphatic heterocycles. The van der Waals surface area contributed by atoms with Crippen molar-refractivity contribution in [3.8, 4) is 0 Å². The molecule has 0 spiro atoms. The molecule has 42 valence electrons. The first-order valence-electron chi connectivity index (χ1n) is 0.471. The minimum absolute atomic E-state index is 0. The molecule has 0 heterocycles. The molecular weight excluding hydrogens is 176 g/mol. The molecule has 0 aromatic carbocycles. The van der Waals surface area contributed by atoms with E-state index < -0.39 is 0 Å². The predicted octanol–water partition coefficient (Wildman–Crippen LogP) is 0.350. The molecule has 7 heavy (non-hydrogen) atoms. The Morgan fingerprint density at radius 2 is 0.714 bits per heavy atom.